The van der Waals surface area contributed by atoms with Crippen LogP contribution in [-0.4, -0.2) is 36.6 Å². The largest absolute Gasteiger partial charge is 0.325 e. The lowest BCUT2D eigenvalue weighted by molar-refractivity contribution is -0.113. The highest BCUT2D eigenvalue weighted by Crippen LogP contribution is 2.25. The summed E-state index contributed by atoms with van der Waals surface area (Å²) in [6.07, 6.45) is 1.45. The summed E-state index contributed by atoms with van der Waals surface area (Å²) in [6.45, 7) is 1.91. The number of carbonyl (C=O) groups is 1. The molecule has 0 aliphatic rings. The lowest BCUT2D eigenvalue weighted by Crippen LogP contribution is -2.14. The van der Waals surface area contributed by atoms with Crippen LogP contribution in [0.15, 0.2) is 59.9 Å². The van der Waals surface area contributed by atoms with Crippen molar-refractivity contribution < 1.29 is 4.79 Å². The van der Waals surface area contributed by atoms with Crippen molar-refractivity contribution in [2.75, 3.05) is 11.1 Å². The maximum atomic E-state index is 12.3. The van der Waals surface area contributed by atoms with Gasteiger partial charge in [0.2, 0.25) is 5.91 Å². The highest BCUT2D eigenvalue weighted by molar-refractivity contribution is 8.00. The maximum absolute atomic E-state index is 12.3. The number of thioether (sulfide) groups is 1. The molecule has 0 bridgehead atoms. The average molecular weight is 411 g/mol. The molecule has 0 saturated heterocycles. The van der Waals surface area contributed by atoms with E-state index >= 15 is 0 Å². The van der Waals surface area contributed by atoms with E-state index in [2.05, 4.69) is 25.6 Å². The van der Waals surface area contributed by atoms with Gasteiger partial charge >= 0.3 is 0 Å². The van der Waals surface area contributed by atoms with E-state index in [1.54, 1.807) is 10.7 Å². The minimum atomic E-state index is -0.160. The van der Waals surface area contributed by atoms with Crippen LogP contribution in [0, 0.1) is 6.92 Å². The van der Waals surface area contributed by atoms with Crippen LogP contribution < -0.4 is 5.32 Å². The molecule has 7 nitrogen and oxygen atoms in total. The second-order valence-corrected chi connectivity index (χ2v) is 7.36. The first-order chi connectivity index (χ1) is 13.6. The molecule has 28 heavy (non-hydrogen) atoms. The molecule has 0 spiro atoms. The molecule has 0 aliphatic heterocycles. The Morgan fingerprint density at radius 2 is 2.00 bits per heavy atom. The van der Waals surface area contributed by atoms with E-state index in [9.17, 15) is 4.79 Å². The van der Waals surface area contributed by atoms with E-state index in [0.29, 0.717) is 26.9 Å². The molecule has 4 rings (SSSR count). The van der Waals surface area contributed by atoms with Crippen molar-refractivity contribution in [2.45, 2.75) is 11.9 Å². The molecule has 2 aromatic heterocycles. The zero-order chi connectivity index (χ0) is 19.5. The van der Waals surface area contributed by atoms with Crippen molar-refractivity contribution in [3.8, 4) is 5.69 Å². The van der Waals surface area contributed by atoms with E-state index in [-0.39, 0.29) is 11.7 Å². The van der Waals surface area contributed by atoms with Gasteiger partial charge in [0.25, 0.3) is 0 Å². The number of para-hydroxylation sites is 1. The third-order valence-corrected chi connectivity index (χ3v) is 5.39. The van der Waals surface area contributed by atoms with Gasteiger partial charge in [-0.05, 0) is 36.8 Å². The van der Waals surface area contributed by atoms with Crippen molar-refractivity contribution in [3.63, 3.8) is 0 Å². The van der Waals surface area contributed by atoms with Crippen LogP contribution in [0.5, 0.6) is 0 Å². The van der Waals surface area contributed by atoms with E-state index in [1.807, 2.05) is 49.4 Å². The number of hydrogen-bond donors (Lipinski definition) is 1. The van der Waals surface area contributed by atoms with E-state index in [4.69, 9.17) is 11.6 Å². The van der Waals surface area contributed by atoms with Gasteiger partial charge in [-0.1, -0.05) is 52.8 Å². The predicted molar refractivity (Wildman–Crippen MR) is 110 cm³/mol. The van der Waals surface area contributed by atoms with Crippen molar-refractivity contribution in [3.05, 3.63) is 65.4 Å². The highest BCUT2D eigenvalue weighted by atomic mass is 35.5. The number of nitrogens with zero attached hydrogens (tertiary/aromatic N) is 5. The smallest absolute Gasteiger partial charge is 0.234 e. The number of amides is 1. The van der Waals surface area contributed by atoms with Crippen LogP contribution >= 0.6 is 23.4 Å². The summed E-state index contributed by atoms with van der Waals surface area (Å²) < 4.78 is 1.65. The van der Waals surface area contributed by atoms with Gasteiger partial charge in [-0.2, -0.15) is 4.68 Å². The Bertz CT molecular complexity index is 1150. The van der Waals surface area contributed by atoms with E-state index < -0.39 is 0 Å². The number of hydrogen-bond acceptors (Lipinski definition) is 6. The summed E-state index contributed by atoms with van der Waals surface area (Å²) in [5.41, 5.74) is 3.62. The predicted octanol–water partition coefficient (Wildman–Crippen LogP) is 3.90. The third-order valence-electron chi connectivity index (χ3n) is 4.00. The second kappa shape index (κ2) is 7.95. The van der Waals surface area contributed by atoms with E-state index in [0.717, 1.165) is 11.3 Å². The van der Waals surface area contributed by atoms with Gasteiger partial charge in [-0.15, -0.1) is 5.10 Å². The lowest BCUT2D eigenvalue weighted by Gasteiger charge is -2.07. The number of halogens is 1. The van der Waals surface area contributed by atoms with Crippen LogP contribution in [0.3, 0.4) is 0 Å². The summed E-state index contributed by atoms with van der Waals surface area (Å²) >= 11 is 7.38. The van der Waals surface area contributed by atoms with Gasteiger partial charge in [0.15, 0.2) is 11.2 Å². The summed E-state index contributed by atoms with van der Waals surface area (Å²) in [7, 11) is 0. The third kappa shape index (κ3) is 3.83. The van der Waals surface area contributed by atoms with Crippen LogP contribution in [0.4, 0.5) is 5.69 Å². The Hall–Kier alpha value is -2.97. The molecular formula is C19H15ClN6OS. The molecule has 140 valence electrons. The monoisotopic (exact) mass is 410 g/mol. The normalized spacial score (nSPS) is 10.9. The minimum absolute atomic E-state index is 0.160. The molecule has 1 N–H and O–H groups in total. The molecule has 1 amide bonds. The molecule has 0 fully saturated rings. The summed E-state index contributed by atoms with van der Waals surface area (Å²) in [4.78, 5) is 20.8. The quantitative estimate of drug-likeness (QED) is 0.396. The van der Waals surface area contributed by atoms with Gasteiger partial charge in [-0.3, -0.25) is 4.79 Å². The first-order valence-corrected chi connectivity index (χ1v) is 9.79. The number of benzene rings is 2. The Labute approximate surface area is 170 Å². The summed E-state index contributed by atoms with van der Waals surface area (Å²) in [5, 5.41) is 12.4. The zero-order valence-corrected chi connectivity index (χ0v) is 16.4. The number of rotatable bonds is 5. The fourth-order valence-corrected chi connectivity index (χ4v) is 3.49. The van der Waals surface area contributed by atoms with Crippen molar-refractivity contribution in [2.24, 2.45) is 0 Å². The molecule has 0 saturated carbocycles. The van der Waals surface area contributed by atoms with Crippen LogP contribution in [0.2, 0.25) is 5.02 Å². The Morgan fingerprint density at radius 3 is 2.79 bits per heavy atom. The lowest BCUT2D eigenvalue weighted by atomic mass is 10.2. The van der Waals surface area contributed by atoms with Crippen LogP contribution in [-0.2, 0) is 4.79 Å². The van der Waals surface area contributed by atoms with Crippen LogP contribution in [0.1, 0.15) is 5.56 Å². The van der Waals surface area contributed by atoms with Gasteiger partial charge < -0.3 is 5.32 Å². The number of anilines is 1. The van der Waals surface area contributed by atoms with Gasteiger partial charge in [0, 0.05) is 10.7 Å². The second-order valence-electron chi connectivity index (χ2n) is 5.99. The maximum Gasteiger partial charge on any atom is 0.234 e. The summed E-state index contributed by atoms with van der Waals surface area (Å²) in [5.74, 6) is 0.0163. The molecule has 0 unspecified atom stereocenters. The summed E-state index contributed by atoms with van der Waals surface area (Å²) in [6, 6.07) is 15.0. The number of aromatic nitrogens is 5. The topological polar surface area (TPSA) is 85.6 Å². The van der Waals surface area contributed by atoms with Crippen molar-refractivity contribution in [1.82, 2.24) is 25.0 Å². The molecule has 2 aromatic carbocycles. The first-order valence-electron chi connectivity index (χ1n) is 8.42. The average Bonchev–Trinajstić information content (AvgIpc) is 3.15. The standard InChI is InChI=1S/C19H15ClN6OS/c1-12-7-8-13(9-15(12)20)23-16(27)10-28-19-17-18(21-11-22-19)26(25-24-17)14-5-3-2-4-6-14/h2-9,11H,10H2,1H3,(H,23,27). The first kappa shape index (κ1) is 18.4. The SMILES string of the molecule is Cc1ccc(NC(=O)CSc2ncnc3c2nnn3-c2ccccc2)cc1Cl. The number of aryl methyl sites for hydroxylation is 1. The Balaban J connectivity index is 1.50. The molecule has 0 radical (unpaired) electrons. The molecule has 0 atom stereocenters. The van der Waals surface area contributed by atoms with Gasteiger partial charge in [0.05, 0.1) is 11.4 Å². The highest BCUT2D eigenvalue weighted by Gasteiger charge is 2.14. The number of carbonyl (C=O) groups excluding carboxylic acids is 1. The van der Waals surface area contributed by atoms with Gasteiger partial charge in [0.1, 0.15) is 11.4 Å². The molecule has 9 heteroatoms. The zero-order valence-electron chi connectivity index (χ0n) is 14.8. The van der Waals surface area contributed by atoms with E-state index in [1.165, 1.54) is 18.1 Å². The number of nitrogens with one attached hydrogen (secondary N) is 1. The van der Waals surface area contributed by atoms with Crippen molar-refractivity contribution >= 4 is 46.1 Å². The Morgan fingerprint density at radius 1 is 1.18 bits per heavy atom. The van der Waals surface area contributed by atoms with Gasteiger partial charge in [-0.25, -0.2) is 9.97 Å². The fourth-order valence-electron chi connectivity index (χ4n) is 2.58. The minimum Gasteiger partial charge on any atom is -0.325 e. The molecular weight excluding hydrogens is 396 g/mol. The molecule has 0 aliphatic carbocycles. The fraction of sp³-hybridized carbons (Fsp3) is 0.105. The molecule has 4 aromatic rings. The molecule has 2 heterocycles. The van der Waals surface area contributed by atoms with Crippen molar-refractivity contribution in [1.29, 1.82) is 0 Å². The Kier molecular flexibility index (Phi) is 5.23. The van der Waals surface area contributed by atoms with Crippen LogP contribution in [0.25, 0.3) is 16.9 Å². The number of fused-ring (bicyclic) bond motifs is 1.